The fourth-order valence-electron chi connectivity index (χ4n) is 0.805. The Morgan fingerprint density at radius 3 is 2.64 bits per heavy atom. The molecule has 0 heterocycles. The molecule has 0 saturated heterocycles. The van der Waals surface area contributed by atoms with Gasteiger partial charge in [0.15, 0.2) is 8.03 Å². The third-order valence-electron chi connectivity index (χ3n) is 1.30. The van der Waals surface area contributed by atoms with Crippen molar-refractivity contribution in [3.05, 3.63) is 35.6 Å². The topological polar surface area (TPSA) is 37.3 Å². The van der Waals surface area contributed by atoms with Crippen molar-refractivity contribution in [2.45, 2.75) is 6.16 Å². The summed E-state index contributed by atoms with van der Waals surface area (Å²) in [6, 6.07) is 5.98. The fraction of sp³-hybridized carbons (Fsp3) is 0.143. The summed E-state index contributed by atoms with van der Waals surface area (Å²) < 4.78 is 23.1. The summed E-state index contributed by atoms with van der Waals surface area (Å²) >= 11 is 0. The van der Waals surface area contributed by atoms with E-state index in [9.17, 15) is 8.96 Å². The first-order valence-corrected chi connectivity index (χ1v) is 4.71. The molecular weight excluding hydrogens is 166 g/mol. The Labute approximate surface area is 64.5 Å². The van der Waals surface area contributed by atoms with Crippen molar-refractivity contribution in [3.63, 3.8) is 0 Å². The van der Waals surface area contributed by atoms with Gasteiger partial charge in [0.05, 0.1) is 0 Å². The zero-order chi connectivity index (χ0) is 8.27. The maximum absolute atomic E-state index is 12.7. The quantitative estimate of drug-likeness (QED) is 0.694. The van der Waals surface area contributed by atoms with Gasteiger partial charge in [-0.15, -0.1) is 0 Å². The molecule has 1 rings (SSSR count). The van der Waals surface area contributed by atoms with Crippen molar-refractivity contribution < 1.29 is 13.8 Å². The van der Waals surface area contributed by atoms with Gasteiger partial charge in [-0.25, -0.2) is 4.39 Å². The smallest absolute Gasteiger partial charge is 0.193 e. The van der Waals surface area contributed by atoms with Crippen LogP contribution in [0.2, 0.25) is 0 Å². The van der Waals surface area contributed by atoms with Crippen LogP contribution in [0.5, 0.6) is 0 Å². The third kappa shape index (κ3) is 2.45. The molecule has 4 heteroatoms. The highest BCUT2D eigenvalue weighted by Crippen LogP contribution is 2.22. The lowest BCUT2D eigenvalue weighted by molar-refractivity contribution is 0.500. The molecule has 0 aliphatic heterocycles. The van der Waals surface area contributed by atoms with E-state index in [1.807, 2.05) is 0 Å². The first-order valence-electron chi connectivity index (χ1n) is 3.15. The largest absolute Gasteiger partial charge is 0.346 e. The van der Waals surface area contributed by atoms with Crippen molar-refractivity contribution in [1.82, 2.24) is 0 Å². The summed E-state index contributed by atoms with van der Waals surface area (Å²) in [4.78, 5) is 8.51. The summed E-state index contributed by atoms with van der Waals surface area (Å²) in [5.41, 5.74) is 0.305. The Kier molecular flexibility index (Phi) is 2.80. The fourth-order valence-corrected chi connectivity index (χ4v) is 1.42. The average Bonchev–Trinajstić information content (AvgIpc) is 1.93. The molecule has 0 aromatic heterocycles. The predicted octanol–water partition coefficient (Wildman–Crippen LogP) is 1.79. The standard InChI is InChI=1S/C7H8FO2P/c8-7-4-2-1-3-6(7)5-11(9)10/h1-4,11H,5H2,(H,9,10). The van der Waals surface area contributed by atoms with Gasteiger partial charge in [0.25, 0.3) is 0 Å². The number of halogens is 1. The third-order valence-corrected chi connectivity index (χ3v) is 1.98. The van der Waals surface area contributed by atoms with Crippen LogP contribution in [0.15, 0.2) is 24.3 Å². The van der Waals surface area contributed by atoms with Crippen molar-refractivity contribution in [2.75, 3.05) is 0 Å². The monoisotopic (exact) mass is 174 g/mol. The second-order valence-corrected chi connectivity index (χ2v) is 3.30. The molecule has 0 saturated carbocycles. The Morgan fingerprint density at radius 1 is 1.45 bits per heavy atom. The van der Waals surface area contributed by atoms with Gasteiger partial charge in [0.2, 0.25) is 0 Å². The van der Waals surface area contributed by atoms with E-state index in [4.69, 9.17) is 4.89 Å². The van der Waals surface area contributed by atoms with Crippen LogP contribution in [-0.4, -0.2) is 4.89 Å². The van der Waals surface area contributed by atoms with Gasteiger partial charge in [-0.2, -0.15) is 0 Å². The lowest BCUT2D eigenvalue weighted by atomic mass is 10.2. The minimum atomic E-state index is -2.60. The molecule has 0 aliphatic rings. The van der Waals surface area contributed by atoms with Crippen molar-refractivity contribution in [1.29, 1.82) is 0 Å². The second-order valence-electron chi connectivity index (χ2n) is 2.16. The van der Waals surface area contributed by atoms with E-state index in [0.717, 1.165) is 0 Å². The molecule has 0 amide bonds. The van der Waals surface area contributed by atoms with Crippen LogP contribution in [0.3, 0.4) is 0 Å². The van der Waals surface area contributed by atoms with Crippen LogP contribution in [0.4, 0.5) is 4.39 Å². The number of hydrogen-bond donors (Lipinski definition) is 1. The first-order chi connectivity index (χ1) is 5.20. The lowest BCUT2D eigenvalue weighted by Crippen LogP contribution is -1.84. The molecule has 60 valence electrons. The van der Waals surface area contributed by atoms with Crippen LogP contribution < -0.4 is 0 Å². The molecule has 1 atom stereocenters. The van der Waals surface area contributed by atoms with E-state index < -0.39 is 13.8 Å². The van der Waals surface area contributed by atoms with E-state index in [1.165, 1.54) is 12.1 Å². The molecule has 0 bridgehead atoms. The van der Waals surface area contributed by atoms with E-state index in [1.54, 1.807) is 12.1 Å². The molecule has 1 aromatic rings. The van der Waals surface area contributed by atoms with Crippen molar-refractivity contribution in [3.8, 4) is 0 Å². The van der Waals surface area contributed by atoms with E-state index in [0.29, 0.717) is 5.56 Å². The van der Waals surface area contributed by atoms with Crippen LogP contribution in [0.25, 0.3) is 0 Å². The van der Waals surface area contributed by atoms with Crippen LogP contribution >= 0.6 is 8.03 Å². The van der Waals surface area contributed by atoms with Gasteiger partial charge in [0, 0.05) is 6.16 Å². The maximum Gasteiger partial charge on any atom is 0.193 e. The van der Waals surface area contributed by atoms with Gasteiger partial charge in [-0.1, -0.05) is 18.2 Å². The van der Waals surface area contributed by atoms with Gasteiger partial charge >= 0.3 is 0 Å². The SMILES string of the molecule is O=[PH](O)Cc1ccccc1F. The van der Waals surface area contributed by atoms with E-state index >= 15 is 0 Å². The molecule has 0 spiro atoms. The lowest BCUT2D eigenvalue weighted by Gasteiger charge is -1.97. The molecule has 1 unspecified atom stereocenters. The van der Waals surface area contributed by atoms with Crippen molar-refractivity contribution >= 4 is 8.03 Å². The predicted molar refractivity (Wildman–Crippen MR) is 41.3 cm³/mol. The molecule has 0 radical (unpaired) electrons. The maximum atomic E-state index is 12.7. The zero-order valence-corrected chi connectivity index (χ0v) is 6.75. The second kappa shape index (κ2) is 3.65. The normalized spacial score (nSPS) is 12.9. The molecule has 2 nitrogen and oxygen atoms in total. The molecule has 1 aromatic carbocycles. The molecule has 0 fully saturated rings. The molecule has 0 aliphatic carbocycles. The Bertz CT molecular complexity index is 275. The zero-order valence-electron chi connectivity index (χ0n) is 5.75. The minimum absolute atomic E-state index is 0.0721. The number of hydrogen-bond acceptors (Lipinski definition) is 1. The van der Waals surface area contributed by atoms with Crippen LogP contribution in [0, 0.1) is 5.82 Å². The van der Waals surface area contributed by atoms with Crippen molar-refractivity contribution in [2.24, 2.45) is 0 Å². The summed E-state index contributed by atoms with van der Waals surface area (Å²) in [6.45, 7) is 0. The van der Waals surface area contributed by atoms with Crippen LogP contribution in [0.1, 0.15) is 5.56 Å². The Balaban J connectivity index is 2.86. The molecule has 1 N–H and O–H groups in total. The number of rotatable bonds is 2. The molecule has 11 heavy (non-hydrogen) atoms. The Morgan fingerprint density at radius 2 is 2.09 bits per heavy atom. The highest BCUT2D eigenvalue weighted by Gasteiger charge is 2.01. The van der Waals surface area contributed by atoms with E-state index in [2.05, 4.69) is 0 Å². The van der Waals surface area contributed by atoms with Gasteiger partial charge in [0.1, 0.15) is 5.82 Å². The first kappa shape index (κ1) is 8.44. The molecular formula is C7H8FO2P. The van der Waals surface area contributed by atoms with Crippen LogP contribution in [-0.2, 0) is 10.7 Å². The summed E-state index contributed by atoms with van der Waals surface area (Å²) in [5.74, 6) is -0.417. The van der Waals surface area contributed by atoms with Gasteiger partial charge < -0.3 is 4.89 Å². The highest BCUT2D eigenvalue weighted by molar-refractivity contribution is 7.37. The minimum Gasteiger partial charge on any atom is -0.346 e. The van der Waals surface area contributed by atoms with Gasteiger partial charge in [-0.3, -0.25) is 4.57 Å². The van der Waals surface area contributed by atoms with Gasteiger partial charge in [-0.05, 0) is 11.6 Å². The summed E-state index contributed by atoms with van der Waals surface area (Å²) in [7, 11) is -2.60. The number of benzene rings is 1. The Hall–Kier alpha value is -0.660. The highest BCUT2D eigenvalue weighted by atomic mass is 31.1. The summed E-state index contributed by atoms with van der Waals surface area (Å²) in [5, 5.41) is 0. The average molecular weight is 174 g/mol. The summed E-state index contributed by atoms with van der Waals surface area (Å²) in [6.07, 6.45) is -0.0721. The van der Waals surface area contributed by atoms with E-state index in [-0.39, 0.29) is 6.16 Å².